The number of anilines is 1. The minimum atomic E-state index is -0.640. The third kappa shape index (κ3) is 1.52. The SMILES string of the molecule is N#Cc1ncc(C(=O)Cl)cc1N. The van der Waals surface area contributed by atoms with Crippen LogP contribution in [0.3, 0.4) is 0 Å². The predicted molar refractivity (Wildman–Crippen MR) is 43.5 cm³/mol. The highest BCUT2D eigenvalue weighted by molar-refractivity contribution is 6.67. The van der Waals surface area contributed by atoms with Crippen LogP contribution in [0.1, 0.15) is 16.1 Å². The van der Waals surface area contributed by atoms with Crippen molar-refractivity contribution < 1.29 is 4.79 Å². The summed E-state index contributed by atoms with van der Waals surface area (Å²) in [7, 11) is 0. The van der Waals surface area contributed by atoms with Crippen LogP contribution in [-0.4, -0.2) is 10.2 Å². The van der Waals surface area contributed by atoms with Gasteiger partial charge in [-0.1, -0.05) is 0 Å². The van der Waals surface area contributed by atoms with Crippen molar-refractivity contribution >= 4 is 22.5 Å². The molecule has 0 radical (unpaired) electrons. The molecule has 12 heavy (non-hydrogen) atoms. The van der Waals surface area contributed by atoms with Gasteiger partial charge in [-0.25, -0.2) is 4.98 Å². The molecule has 0 aliphatic carbocycles. The fourth-order valence-corrected chi connectivity index (χ4v) is 0.786. The molecule has 1 heterocycles. The maximum Gasteiger partial charge on any atom is 0.254 e. The van der Waals surface area contributed by atoms with Crippen molar-refractivity contribution in [2.45, 2.75) is 0 Å². The van der Waals surface area contributed by atoms with Gasteiger partial charge in [0.2, 0.25) is 0 Å². The number of pyridine rings is 1. The Hall–Kier alpha value is -1.60. The van der Waals surface area contributed by atoms with Gasteiger partial charge < -0.3 is 5.73 Å². The molecule has 60 valence electrons. The molecule has 0 saturated carbocycles. The number of hydrogen-bond acceptors (Lipinski definition) is 4. The van der Waals surface area contributed by atoms with Gasteiger partial charge >= 0.3 is 0 Å². The third-order valence-corrected chi connectivity index (χ3v) is 1.47. The fourth-order valence-electron chi connectivity index (χ4n) is 0.683. The van der Waals surface area contributed by atoms with Gasteiger partial charge in [0.15, 0.2) is 5.69 Å². The summed E-state index contributed by atoms with van der Waals surface area (Å²) in [5.74, 6) is 0. The lowest BCUT2D eigenvalue weighted by Crippen LogP contribution is -1.98. The number of aromatic nitrogens is 1. The summed E-state index contributed by atoms with van der Waals surface area (Å²) >= 11 is 5.15. The van der Waals surface area contributed by atoms with E-state index in [1.54, 1.807) is 6.07 Å². The smallest absolute Gasteiger partial charge is 0.254 e. The molecule has 0 spiro atoms. The number of hydrogen-bond donors (Lipinski definition) is 1. The molecular weight excluding hydrogens is 178 g/mol. The first kappa shape index (κ1) is 8.50. The minimum absolute atomic E-state index is 0.0941. The van der Waals surface area contributed by atoms with Gasteiger partial charge in [-0.3, -0.25) is 4.79 Å². The quantitative estimate of drug-likeness (QED) is 0.654. The lowest BCUT2D eigenvalue weighted by molar-refractivity contribution is 0.108. The summed E-state index contributed by atoms with van der Waals surface area (Å²) in [5, 5.41) is 7.80. The van der Waals surface area contributed by atoms with Crippen LogP contribution in [0.2, 0.25) is 0 Å². The molecule has 0 bridgehead atoms. The molecule has 0 aliphatic heterocycles. The van der Waals surface area contributed by atoms with Crippen molar-refractivity contribution in [1.29, 1.82) is 5.26 Å². The van der Waals surface area contributed by atoms with E-state index in [2.05, 4.69) is 4.98 Å². The molecule has 0 amide bonds. The van der Waals surface area contributed by atoms with E-state index < -0.39 is 5.24 Å². The number of nitriles is 1. The largest absolute Gasteiger partial charge is 0.396 e. The van der Waals surface area contributed by atoms with Gasteiger partial charge in [0.05, 0.1) is 11.3 Å². The molecule has 0 saturated heterocycles. The Bertz CT molecular complexity index is 369. The zero-order chi connectivity index (χ0) is 9.14. The fraction of sp³-hybridized carbons (Fsp3) is 0. The molecule has 0 aliphatic rings. The van der Waals surface area contributed by atoms with E-state index >= 15 is 0 Å². The van der Waals surface area contributed by atoms with Crippen molar-refractivity contribution in [2.75, 3.05) is 5.73 Å². The molecule has 1 aromatic rings. The van der Waals surface area contributed by atoms with E-state index in [4.69, 9.17) is 22.6 Å². The summed E-state index contributed by atoms with van der Waals surface area (Å²) in [6.45, 7) is 0. The summed E-state index contributed by atoms with van der Waals surface area (Å²) in [6, 6.07) is 3.09. The summed E-state index contributed by atoms with van der Waals surface area (Å²) in [4.78, 5) is 14.2. The van der Waals surface area contributed by atoms with Crippen molar-refractivity contribution in [3.63, 3.8) is 0 Å². The van der Waals surface area contributed by atoms with E-state index in [0.717, 1.165) is 0 Å². The second-order valence-corrected chi connectivity index (χ2v) is 2.39. The lowest BCUT2D eigenvalue weighted by atomic mass is 10.2. The zero-order valence-corrected chi connectivity index (χ0v) is 6.67. The average Bonchev–Trinajstić information content (AvgIpc) is 2.04. The highest BCUT2D eigenvalue weighted by atomic mass is 35.5. The molecule has 0 unspecified atom stereocenters. The Morgan fingerprint density at radius 1 is 1.75 bits per heavy atom. The van der Waals surface area contributed by atoms with Crippen molar-refractivity contribution in [3.05, 3.63) is 23.5 Å². The third-order valence-electron chi connectivity index (χ3n) is 1.25. The predicted octanol–water partition coefficient (Wildman–Crippen LogP) is 0.914. The van der Waals surface area contributed by atoms with Gasteiger partial charge in [-0.2, -0.15) is 5.26 Å². The number of nitrogen functional groups attached to an aromatic ring is 1. The zero-order valence-electron chi connectivity index (χ0n) is 5.91. The van der Waals surface area contributed by atoms with Crippen molar-refractivity contribution in [3.8, 4) is 6.07 Å². The van der Waals surface area contributed by atoms with Crippen molar-refractivity contribution in [2.24, 2.45) is 0 Å². The number of halogens is 1. The second-order valence-electron chi connectivity index (χ2n) is 2.05. The van der Waals surface area contributed by atoms with Gasteiger partial charge in [0.1, 0.15) is 6.07 Å². The Labute approximate surface area is 73.6 Å². The van der Waals surface area contributed by atoms with E-state index in [1.165, 1.54) is 12.3 Å². The lowest BCUT2D eigenvalue weighted by Gasteiger charge is -1.96. The number of nitrogens with zero attached hydrogens (tertiary/aromatic N) is 2. The van der Waals surface area contributed by atoms with E-state index in [9.17, 15) is 4.79 Å². The molecule has 5 heteroatoms. The highest BCUT2D eigenvalue weighted by Crippen LogP contribution is 2.11. The number of carbonyl (C=O) groups excluding carboxylic acids is 1. The Morgan fingerprint density at radius 2 is 2.42 bits per heavy atom. The maximum atomic E-state index is 10.6. The Balaban J connectivity index is 3.21. The van der Waals surface area contributed by atoms with E-state index in [0.29, 0.717) is 0 Å². The van der Waals surface area contributed by atoms with Gasteiger partial charge in [0, 0.05) is 6.20 Å². The van der Waals surface area contributed by atoms with Gasteiger partial charge in [0.25, 0.3) is 5.24 Å². The first-order chi connectivity index (χ1) is 5.65. The first-order valence-corrected chi connectivity index (χ1v) is 3.38. The number of carbonyl (C=O) groups is 1. The second kappa shape index (κ2) is 3.20. The Morgan fingerprint density at radius 3 is 2.83 bits per heavy atom. The van der Waals surface area contributed by atoms with E-state index in [1.807, 2.05) is 0 Å². The molecule has 0 aromatic carbocycles. The van der Waals surface area contributed by atoms with Crippen LogP contribution in [0, 0.1) is 11.3 Å². The number of rotatable bonds is 1. The van der Waals surface area contributed by atoms with E-state index in [-0.39, 0.29) is 16.9 Å². The monoisotopic (exact) mass is 181 g/mol. The van der Waals surface area contributed by atoms with Crippen LogP contribution >= 0.6 is 11.6 Å². The summed E-state index contributed by atoms with van der Waals surface area (Å²) < 4.78 is 0. The summed E-state index contributed by atoms with van der Waals surface area (Å²) in [6.07, 6.45) is 1.21. The topological polar surface area (TPSA) is 79.8 Å². The maximum absolute atomic E-state index is 10.6. The Kier molecular flexibility index (Phi) is 2.26. The van der Waals surface area contributed by atoms with Crippen LogP contribution in [0.15, 0.2) is 12.3 Å². The van der Waals surface area contributed by atoms with Crippen LogP contribution in [0.4, 0.5) is 5.69 Å². The average molecular weight is 182 g/mol. The number of nitrogens with two attached hydrogens (primary N) is 1. The minimum Gasteiger partial charge on any atom is -0.396 e. The summed E-state index contributed by atoms with van der Waals surface area (Å²) in [5.41, 5.74) is 5.81. The van der Waals surface area contributed by atoms with Crippen LogP contribution in [-0.2, 0) is 0 Å². The van der Waals surface area contributed by atoms with Gasteiger partial charge in [-0.15, -0.1) is 0 Å². The molecule has 0 atom stereocenters. The molecule has 2 N–H and O–H groups in total. The van der Waals surface area contributed by atoms with Crippen LogP contribution in [0.5, 0.6) is 0 Å². The molecular formula is C7H4ClN3O. The van der Waals surface area contributed by atoms with Gasteiger partial charge in [-0.05, 0) is 17.7 Å². The molecule has 4 nitrogen and oxygen atoms in total. The molecule has 1 rings (SSSR count). The standard InChI is InChI=1S/C7H4ClN3O/c8-7(12)4-1-5(10)6(2-9)11-3-4/h1,3H,10H2. The van der Waals surface area contributed by atoms with Crippen LogP contribution < -0.4 is 5.73 Å². The highest BCUT2D eigenvalue weighted by Gasteiger charge is 2.05. The first-order valence-electron chi connectivity index (χ1n) is 3.00. The van der Waals surface area contributed by atoms with Crippen molar-refractivity contribution in [1.82, 2.24) is 4.98 Å². The molecule has 0 fully saturated rings. The molecule has 1 aromatic heterocycles. The normalized spacial score (nSPS) is 9.00. The van der Waals surface area contributed by atoms with Crippen LogP contribution in [0.25, 0.3) is 0 Å².